The molecular formula is C31H34FNO5S. The van der Waals surface area contributed by atoms with Gasteiger partial charge in [-0.25, -0.2) is 12.8 Å². The Morgan fingerprint density at radius 2 is 1.85 bits per heavy atom. The number of aromatic hydroxyl groups is 1. The van der Waals surface area contributed by atoms with Crippen molar-refractivity contribution in [2.24, 2.45) is 0 Å². The monoisotopic (exact) mass is 551 g/mol. The van der Waals surface area contributed by atoms with Gasteiger partial charge in [-0.15, -0.1) is 0 Å². The fourth-order valence-electron chi connectivity index (χ4n) is 5.76. The summed E-state index contributed by atoms with van der Waals surface area (Å²) < 4.78 is 53.0. The Bertz CT molecular complexity index is 1520. The van der Waals surface area contributed by atoms with Crippen molar-refractivity contribution in [3.63, 3.8) is 0 Å². The number of likely N-dealkylation sites (tertiary alicyclic amines) is 1. The van der Waals surface area contributed by atoms with Crippen molar-refractivity contribution in [2.45, 2.75) is 56.7 Å². The normalized spacial score (nSPS) is 20.4. The van der Waals surface area contributed by atoms with Gasteiger partial charge >= 0.3 is 0 Å². The number of allylic oxidation sites excluding steroid dienone is 1. The summed E-state index contributed by atoms with van der Waals surface area (Å²) >= 11 is 0. The number of phenols is 1. The highest BCUT2D eigenvalue weighted by Crippen LogP contribution is 2.49. The molecular weight excluding hydrogens is 517 g/mol. The number of rotatable bonds is 7. The van der Waals surface area contributed by atoms with E-state index in [1.54, 1.807) is 25.1 Å². The summed E-state index contributed by atoms with van der Waals surface area (Å²) in [4.78, 5) is 2.60. The molecule has 206 valence electrons. The number of fused-ring (bicyclic) bond motifs is 1. The number of hydrogen-bond donors (Lipinski definition) is 1. The first-order valence-corrected chi connectivity index (χ1v) is 15.1. The molecule has 0 aromatic heterocycles. The van der Waals surface area contributed by atoms with E-state index >= 15 is 4.39 Å². The van der Waals surface area contributed by atoms with Gasteiger partial charge in [0, 0.05) is 29.5 Å². The van der Waals surface area contributed by atoms with E-state index < -0.39 is 27.5 Å². The lowest BCUT2D eigenvalue weighted by atomic mass is 9.86. The van der Waals surface area contributed by atoms with Crippen LogP contribution in [0.4, 0.5) is 4.39 Å². The number of benzene rings is 3. The van der Waals surface area contributed by atoms with Crippen LogP contribution in [0.5, 0.6) is 17.2 Å². The van der Waals surface area contributed by atoms with Gasteiger partial charge in [-0.1, -0.05) is 30.3 Å². The Morgan fingerprint density at radius 3 is 2.51 bits per heavy atom. The zero-order valence-electron chi connectivity index (χ0n) is 22.6. The lowest BCUT2D eigenvalue weighted by Gasteiger charge is -2.32. The molecule has 2 heterocycles. The van der Waals surface area contributed by atoms with Gasteiger partial charge in [-0.3, -0.25) is 4.90 Å². The molecule has 1 fully saturated rings. The molecule has 1 N–H and O–H groups in total. The minimum atomic E-state index is -3.60. The van der Waals surface area contributed by atoms with E-state index in [0.29, 0.717) is 35.4 Å². The molecule has 1 saturated heterocycles. The van der Waals surface area contributed by atoms with E-state index in [4.69, 9.17) is 9.47 Å². The topological polar surface area (TPSA) is 76.1 Å². The molecule has 0 amide bonds. The lowest BCUT2D eigenvalue weighted by molar-refractivity contribution is 0.141. The highest BCUT2D eigenvalue weighted by Gasteiger charge is 2.34. The summed E-state index contributed by atoms with van der Waals surface area (Å²) in [6.07, 6.45) is 2.87. The minimum absolute atomic E-state index is 0.120. The molecule has 0 aliphatic carbocycles. The number of ether oxygens (including phenoxy) is 2. The third kappa shape index (κ3) is 5.28. The van der Waals surface area contributed by atoms with Gasteiger partial charge in [0.1, 0.15) is 24.2 Å². The van der Waals surface area contributed by atoms with Crippen LogP contribution in [0.15, 0.2) is 65.6 Å². The number of phenolic OH excluding ortho intramolecular Hbond substituents is 1. The molecule has 3 aromatic rings. The van der Waals surface area contributed by atoms with Crippen molar-refractivity contribution >= 4 is 21.0 Å². The molecule has 0 radical (unpaired) electrons. The molecule has 0 bridgehead atoms. The van der Waals surface area contributed by atoms with Crippen molar-refractivity contribution in [1.29, 1.82) is 0 Å². The van der Waals surface area contributed by atoms with Gasteiger partial charge in [-0.2, -0.15) is 0 Å². The van der Waals surface area contributed by atoms with Gasteiger partial charge in [0.05, 0.1) is 10.5 Å². The van der Waals surface area contributed by atoms with Crippen molar-refractivity contribution in [3.05, 3.63) is 83.2 Å². The van der Waals surface area contributed by atoms with Gasteiger partial charge < -0.3 is 14.6 Å². The fourth-order valence-corrected chi connectivity index (χ4v) is 6.67. The molecule has 3 aromatic carbocycles. The van der Waals surface area contributed by atoms with E-state index in [0.717, 1.165) is 24.1 Å². The van der Waals surface area contributed by atoms with E-state index in [-0.39, 0.29) is 16.2 Å². The van der Waals surface area contributed by atoms with Crippen LogP contribution in [-0.2, 0) is 9.84 Å². The Kier molecular flexibility index (Phi) is 7.44. The summed E-state index contributed by atoms with van der Waals surface area (Å²) in [6, 6.07) is 17.8. The number of sulfone groups is 1. The maximum Gasteiger partial charge on any atom is 0.176 e. The second-order valence-electron chi connectivity index (χ2n) is 10.5. The van der Waals surface area contributed by atoms with Crippen LogP contribution in [0.3, 0.4) is 0 Å². The van der Waals surface area contributed by atoms with Gasteiger partial charge in [0.25, 0.3) is 0 Å². The SMILES string of the molecule is CC1=C(c2ccccc2S(C)(=O)=O)C(c2ccc(OCC(C)N3CCCC3C)cc2)Oc2ccc(O)c(F)c21. The first kappa shape index (κ1) is 27.2. The van der Waals surface area contributed by atoms with E-state index in [1.165, 1.54) is 31.0 Å². The molecule has 0 saturated carbocycles. The summed E-state index contributed by atoms with van der Waals surface area (Å²) in [7, 11) is -3.60. The second kappa shape index (κ2) is 10.7. The molecule has 0 spiro atoms. The first-order chi connectivity index (χ1) is 18.6. The third-order valence-electron chi connectivity index (χ3n) is 7.79. The Hall–Kier alpha value is -3.36. The molecule has 39 heavy (non-hydrogen) atoms. The molecule has 8 heteroatoms. The Balaban J connectivity index is 1.52. The van der Waals surface area contributed by atoms with Crippen LogP contribution in [0.25, 0.3) is 11.1 Å². The van der Waals surface area contributed by atoms with Crippen LogP contribution >= 0.6 is 0 Å². The van der Waals surface area contributed by atoms with Crippen molar-refractivity contribution in [1.82, 2.24) is 4.90 Å². The smallest absolute Gasteiger partial charge is 0.176 e. The van der Waals surface area contributed by atoms with Crippen molar-refractivity contribution in [3.8, 4) is 17.2 Å². The molecule has 2 aliphatic heterocycles. The average Bonchev–Trinajstić information content (AvgIpc) is 3.35. The molecule has 3 unspecified atom stereocenters. The van der Waals surface area contributed by atoms with Crippen LogP contribution in [0, 0.1) is 5.82 Å². The zero-order valence-corrected chi connectivity index (χ0v) is 23.5. The summed E-state index contributed by atoms with van der Waals surface area (Å²) in [6.45, 7) is 7.82. The minimum Gasteiger partial charge on any atom is -0.505 e. The van der Waals surface area contributed by atoms with Crippen LogP contribution < -0.4 is 9.47 Å². The first-order valence-electron chi connectivity index (χ1n) is 13.2. The maximum atomic E-state index is 15.1. The van der Waals surface area contributed by atoms with E-state index in [1.807, 2.05) is 24.3 Å². The van der Waals surface area contributed by atoms with Gasteiger partial charge in [0.15, 0.2) is 21.4 Å². The third-order valence-corrected chi connectivity index (χ3v) is 8.95. The zero-order chi connectivity index (χ0) is 27.9. The fraction of sp³-hybridized carbons (Fsp3) is 0.355. The number of nitrogens with zero attached hydrogens (tertiary/aromatic N) is 1. The van der Waals surface area contributed by atoms with E-state index in [2.05, 4.69) is 18.7 Å². The van der Waals surface area contributed by atoms with Gasteiger partial charge in [0.2, 0.25) is 0 Å². The van der Waals surface area contributed by atoms with E-state index in [9.17, 15) is 13.5 Å². The highest BCUT2D eigenvalue weighted by atomic mass is 32.2. The molecule has 3 atom stereocenters. The van der Waals surface area contributed by atoms with Crippen LogP contribution in [0.2, 0.25) is 0 Å². The van der Waals surface area contributed by atoms with Crippen molar-refractivity contribution in [2.75, 3.05) is 19.4 Å². The summed E-state index contributed by atoms with van der Waals surface area (Å²) in [5, 5.41) is 10.1. The standard InChI is InChI=1S/C31H34FNO5S/c1-19-8-7-17-33(19)20(2)18-37-23-13-11-22(12-14-23)31-28(24-9-5-6-10-27(24)39(4,35)36)21(3)29-26(38-31)16-15-25(34)30(29)32/h5-6,9-16,19-20,31,34H,7-8,17-18H2,1-4H3. The number of halogens is 1. The lowest BCUT2D eigenvalue weighted by Crippen LogP contribution is -2.39. The van der Waals surface area contributed by atoms with Crippen molar-refractivity contribution < 1.29 is 27.4 Å². The van der Waals surface area contributed by atoms with Gasteiger partial charge in [-0.05, 0) is 81.6 Å². The molecule has 6 nitrogen and oxygen atoms in total. The van der Waals surface area contributed by atoms with Crippen LogP contribution in [-0.4, -0.2) is 49.9 Å². The van der Waals surface area contributed by atoms with Crippen LogP contribution in [0.1, 0.15) is 56.4 Å². The molecule has 2 aliphatic rings. The Morgan fingerprint density at radius 1 is 1.13 bits per heavy atom. The highest BCUT2D eigenvalue weighted by molar-refractivity contribution is 7.90. The molecule has 5 rings (SSSR count). The quantitative estimate of drug-likeness (QED) is 0.374. The predicted molar refractivity (Wildman–Crippen MR) is 150 cm³/mol. The number of hydrogen-bond acceptors (Lipinski definition) is 6. The average molecular weight is 552 g/mol. The largest absolute Gasteiger partial charge is 0.505 e. The second-order valence-corrected chi connectivity index (χ2v) is 12.5. The summed E-state index contributed by atoms with van der Waals surface area (Å²) in [5.41, 5.74) is 2.35. The predicted octanol–water partition coefficient (Wildman–Crippen LogP) is 6.25. The Labute approximate surface area is 229 Å². The maximum absolute atomic E-state index is 15.1. The summed E-state index contributed by atoms with van der Waals surface area (Å²) in [5.74, 6) is -0.293.